The van der Waals surface area contributed by atoms with E-state index >= 15 is 0 Å². The largest absolute Gasteiger partial charge is 0.481 e. The quantitative estimate of drug-likeness (QED) is 0.846. The molecule has 0 spiro atoms. The molecule has 0 aliphatic carbocycles. The van der Waals surface area contributed by atoms with Crippen molar-refractivity contribution in [1.29, 1.82) is 0 Å². The zero-order valence-electron chi connectivity index (χ0n) is 9.66. The molecule has 5 nitrogen and oxygen atoms in total. The molecule has 0 aromatic carbocycles. The summed E-state index contributed by atoms with van der Waals surface area (Å²) in [7, 11) is 0. The van der Waals surface area contributed by atoms with Crippen molar-refractivity contribution in [1.82, 2.24) is 15.0 Å². The topological polar surface area (TPSA) is 76.0 Å². The minimum atomic E-state index is -0.827. The van der Waals surface area contributed by atoms with Gasteiger partial charge in [-0.05, 0) is 6.92 Å². The van der Waals surface area contributed by atoms with Crippen LogP contribution >= 0.6 is 23.1 Å². The number of aliphatic carboxylic acids is 1. The normalized spacial score (nSPS) is 10.5. The third-order valence-corrected chi connectivity index (χ3v) is 4.48. The Morgan fingerprint density at radius 1 is 1.50 bits per heavy atom. The van der Waals surface area contributed by atoms with E-state index in [1.54, 1.807) is 30.4 Å². The van der Waals surface area contributed by atoms with Crippen molar-refractivity contribution < 1.29 is 9.90 Å². The van der Waals surface area contributed by atoms with Crippen LogP contribution in [0.15, 0.2) is 22.9 Å². The molecule has 2 aromatic heterocycles. The van der Waals surface area contributed by atoms with Gasteiger partial charge >= 0.3 is 5.97 Å². The molecule has 0 atom stereocenters. The predicted octanol–water partition coefficient (Wildman–Crippen LogP) is 2.16. The minimum Gasteiger partial charge on any atom is -0.481 e. The first-order valence-electron chi connectivity index (χ1n) is 5.21. The second-order valence-corrected chi connectivity index (χ2v) is 5.85. The lowest BCUT2D eigenvalue weighted by molar-refractivity contribution is -0.136. The van der Waals surface area contributed by atoms with E-state index in [9.17, 15) is 4.79 Å². The number of aryl methyl sites for hydroxylation is 1. The maximum absolute atomic E-state index is 10.7. The highest BCUT2D eigenvalue weighted by atomic mass is 32.2. The number of thioether (sulfide) groups is 1. The molecule has 0 unspecified atom stereocenters. The summed E-state index contributed by atoms with van der Waals surface area (Å²) in [5, 5.41) is 8.76. The molecule has 0 aliphatic rings. The van der Waals surface area contributed by atoms with Crippen molar-refractivity contribution in [2.24, 2.45) is 0 Å². The highest BCUT2D eigenvalue weighted by Gasteiger charge is 2.11. The zero-order valence-corrected chi connectivity index (χ0v) is 11.3. The summed E-state index contributed by atoms with van der Waals surface area (Å²) in [4.78, 5) is 24.0. The van der Waals surface area contributed by atoms with Crippen molar-refractivity contribution in [3.05, 3.63) is 34.9 Å². The molecule has 2 aromatic rings. The number of aromatic nitrogens is 3. The molecule has 0 aliphatic heterocycles. The molecule has 0 amide bonds. The van der Waals surface area contributed by atoms with Gasteiger partial charge in [0.25, 0.3) is 0 Å². The van der Waals surface area contributed by atoms with Gasteiger partial charge in [-0.2, -0.15) is 0 Å². The van der Waals surface area contributed by atoms with E-state index in [0.717, 1.165) is 20.6 Å². The summed E-state index contributed by atoms with van der Waals surface area (Å²) >= 11 is 2.98. The fourth-order valence-electron chi connectivity index (χ4n) is 1.30. The zero-order chi connectivity index (χ0) is 13.0. The number of hydrogen-bond donors (Lipinski definition) is 1. The van der Waals surface area contributed by atoms with Crippen LogP contribution in [0.4, 0.5) is 0 Å². The maximum atomic E-state index is 10.7. The van der Waals surface area contributed by atoms with Gasteiger partial charge in [0.05, 0.1) is 17.8 Å². The summed E-state index contributed by atoms with van der Waals surface area (Å²) in [5.41, 5.74) is 1.68. The molecule has 2 heterocycles. The Balaban J connectivity index is 2.00. The van der Waals surface area contributed by atoms with E-state index in [4.69, 9.17) is 5.11 Å². The van der Waals surface area contributed by atoms with Gasteiger partial charge in [-0.15, -0.1) is 11.3 Å². The van der Waals surface area contributed by atoms with E-state index in [2.05, 4.69) is 15.0 Å². The van der Waals surface area contributed by atoms with Crippen molar-refractivity contribution in [3.8, 4) is 0 Å². The maximum Gasteiger partial charge on any atom is 0.308 e. The van der Waals surface area contributed by atoms with Gasteiger partial charge < -0.3 is 5.11 Å². The van der Waals surface area contributed by atoms with Crippen LogP contribution in [0.2, 0.25) is 0 Å². The van der Waals surface area contributed by atoms with Crippen LogP contribution in [0, 0.1) is 6.92 Å². The fourth-order valence-corrected chi connectivity index (χ4v) is 3.42. The lowest BCUT2D eigenvalue weighted by Crippen LogP contribution is -1.99. The second kappa shape index (κ2) is 5.92. The van der Waals surface area contributed by atoms with E-state index in [1.807, 2.05) is 6.92 Å². The Morgan fingerprint density at radius 3 is 3.00 bits per heavy atom. The number of rotatable bonds is 5. The molecule has 2 rings (SSSR count). The highest BCUT2D eigenvalue weighted by molar-refractivity contribution is 8.00. The smallest absolute Gasteiger partial charge is 0.308 e. The lowest BCUT2D eigenvalue weighted by atomic mass is 10.3. The number of thiazole rings is 1. The number of carboxylic acid groups (broad SMARTS) is 1. The molecule has 0 radical (unpaired) electrons. The molecule has 0 bridgehead atoms. The van der Waals surface area contributed by atoms with Gasteiger partial charge in [0.2, 0.25) is 0 Å². The predicted molar refractivity (Wildman–Crippen MR) is 69.8 cm³/mol. The van der Waals surface area contributed by atoms with E-state index in [1.165, 1.54) is 11.3 Å². The Morgan fingerprint density at radius 2 is 2.33 bits per heavy atom. The van der Waals surface area contributed by atoms with E-state index in [-0.39, 0.29) is 6.42 Å². The molecular formula is C11H11N3O2S2. The first kappa shape index (κ1) is 13.0. The van der Waals surface area contributed by atoms with Crippen molar-refractivity contribution in [2.45, 2.75) is 23.4 Å². The van der Waals surface area contributed by atoms with Crippen molar-refractivity contribution >= 4 is 29.1 Å². The Hall–Kier alpha value is -1.47. The van der Waals surface area contributed by atoms with E-state index < -0.39 is 5.97 Å². The molecule has 18 heavy (non-hydrogen) atoms. The van der Waals surface area contributed by atoms with Crippen LogP contribution < -0.4 is 0 Å². The second-order valence-electron chi connectivity index (χ2n) is 3.54. The Labute approximate surface area is 112 Å². The molecule has 0 saturated heterocycles. The third kappa shape index (κ3) is 3.51. The van der Waals surface area contributed by atoms with Gasteiger partial charge in [0.15, 0.2) is 4.34 Å². The summed E-state index contributed by atoms with van der Waals surface area (Å²) < 4.78 is 0.870. The van der Waals surface area contributed by atoms with Crippen LogP contribution in [-0.2, 0) is 17.0 Å². The first-order valence-corrected chi connectivity index (χ1v) is 7.01. The first-order chi connectivity index (χ1) is 8.65. The van der Waals surface area contributed by atoms with Crippen LogP contribution in [-0.4, -0.2) is 26.0 Å². The Kier molecular flexibility index (Phi) is 4.27. The monoisotopic (exact) mass is 281 g/mol. The van der Waals surface area contributed by atoms with Gasteiger partial charge in [0, 0.05) is 29.2 Å². The summed E-state index contributed by atoms with van der Waals surface area (Å²) in [6.45, 7) is 1.83. The van der Waals surface area contributed by atoms with Gasteiger partial charge in [0.1, 0.15) is 0 Å². The summed E-state index contributed by atoms with van der Waals surface area (Å²) in [6.07, 6.45) is 5.03. The summed E-state index contributed by atoms with van der Waals surface area (Å²) in [6, 6.07) is 0. The molecular weight excluding hydrogens is 270 g/mol. The summed E-state index contributed by atoms with van der Waals surface area (Å²) in [5.74, 6) is -0.139. The standard InChI is InChI=1S/C11H11N3O2S2/c1-7-9(4-10(15)16)18-11(14-7)17-6-8-5-12-2-3-13-8/h2-3,5H,4,6H2,1H3,(H,15,16). The SMILES string of the molecule is Cc1nc(SCc2cnccn2)sc1CC(=O)O. The fraction of sp³-hybridized carbons (Fsp3) is 0.273. The minimum absolute atomic E-state index is 0.0369. The highest BCUT2D eigenvalue weighted by Crippen LogP contribution is 2.29. The average Bonchev–Trinajstić information content (AvgIpc) is 2.68. The Bertz CT molecular complexity index is 542. The number of carbonyl (C=O) groups is 1. The van der Waals surface area contributed by atoms with Gasteiger partial charge in [-0.3, -0.25) is 14.8 Å². The molecule has 94 valence electrons. The van der Waals surface area contributed by atoms with Crippen LogP contribution in [0.5, 0.6) is 0 Å². The van der Waals surface area contributed by atoms with Gasteiger partial charge in [-0.25, -0.2) is 4.98 Å². The number of hydrogen-bond acceptors (Lipinski definition) is 6. The third-order valence-electron chi connectivity index (χ3n) is 2.15. The van der Waals surface area contributed by atoms with Crippen molar-refractivity contribution in [3.63, 3.8) is 0 Å². The molecule has 1 N–H and O–H groups in total. The van der Waals surface area contributed by atoms with Crippen LogP contribution in [0.3, 0.4) is 0 Å². The average molecular weight is 281 g/mol. The van der Waals surface area contributed by atoms with E-state index in [0.29, 0.717) is 5.75 Å². The molecule has 7 heteroatoms. The lowest BCUT2D eigenvalue weighted by Gasteiger charge is -1.95. The van der Waals surface area contributed by atoms with Crippen molar-refractivity contribution in [2.75, 3.05) is 0 Å². The molecule has 0 fully saturated rings. The number of carboxylic acids is 1. The molecule has 0 saturated carbocycles. The van der Waals surface area contributed by atoms with Crippen LogP contribution in [0.25, 0.3) is 0 Å². The number of nitrogens with zero attached hydrogens (tertiary/aromatic N) is 3. The van der Waals surface area contributed by atoms with Gasteiger partial charge in [-0.1, -0.05) is 11.8 Å². The van der Waals surface area contributed by atoms with Crippen LogP contribution in [0.1, 0.15) is 16.3 Å².